The fourth-order valence-corrected chi connectivity index (χ4v) is 1.61. The largest absolute Gasteiger partial charge is 0.312 e. The van der Waals surface area contributed by atoms with Gasteiger partial charge in [0.2, 0.25) is 5.78 Å². The number of ketones is 1. The van der Waals surface area contributed by atoms with Crippen molar-refractivity contribution in [2.24, 2.45) is 10.2 Å². The van der Waals surface area contributed by atoms with Crippen LogP contribution in [0.15, 0.2) is 58.4 Å². The van der Waals surface area contributed by atoms with Crippen molar-refractivity contribution in [2.75, 3.05) is 4.72 Å². The molecule has 3 N–H and O–H groups in total. The second kappa shape index (κ2) is 6.07. The van der Waals surface area contributed by atoms with Crippen LogP contribution >= 0.6 is 12.2 Å². The van der Waals surface area contributed by atoms with E-state index in [2.05, 4.69) is 15.0 Å². The van der Waals surface area contributed by atoms with Gasteiger partial charge in [0, 0.05) is 5.69 Å². The molecule has 1 aliphatic carbocycles. The van der Waals surface area contributed by atoms with Crippen molar-refractivity contribution in [2.45, 2.75) is 0 Å². The number of rotatable bonds is 4. The van der Waals surface area contributed by atoms with E-state index >= 15 is 0 Å². The summed E-state index contributed by atoms with van der Waals surface area (Å²) in [5.74, 6) is -0.342. The van der Waals surface area contributed by atoms with E-state index in [0.717, 1.165) is 0 Å². The fourth-order valence-electron chi connectivity index (χ4n) is 1.38. The van der Waals surface area contributed by atoms with Crippen molar-refractivity contribution in [3.63, 3.8) is 0 Å². The minimum Gasteiger partial charge on any atom is -0.312 e. The molecule has 0 radical (unpaired) electrons. The molecule has 0 unspecified atom stereocenters. The van der Waals surface area contributed by atoms with E-state index in [4.69, 9.17) is 9.96 Å². The molecule has 1 aliphatic rings. The van der Waals surface area contributed by atoms with Crippen molar-refractivity contribution >= 4 is 35.1 Å². The van der Waals surface area contributed by atoms with Crippen LogP contribution in [0.2, 0.25) is 0 Å². The van der Waals surface area contributed by atoms with E-state index in [1.807, 2.05) is 0 Å². The molecule has 7 heteroatoms. The third-order valence-electron chi connectivity index (χ3n) is 2.25. The monoisotopic (exact) mass is 274 g/mol. The first kappa shape index (κ1) is 13.2. The zero-order valence-corrected chi connectivity index (χ0v) is 10.5. The molecule has 19 heavy (non-hydrogen) atoms. The van der Waals surface area contributed by atoms with Gasteiger partial charge in [-0.3, -0.25) is 10.2 Å². The highest BCUT2D eigenvalue weighted by Gasteiger charge is 2.08. The van der Waals surface area contributed by atoms with Crippen molar-refractivity contribution in [1.82, 2.24) is 0 Å². The molecule has 0 heterocycles. The van der Waals surface area contributed by atoms with Gasteiger partial charge >= 0.3 is 0 Å². The van der Waals surface area contributed by atoms with Gasteiger partial charge in [-0.25, -0.2) is 0 Å². The molecule has 0 bridgehead atoms. The van der Waals surface area contributed by atoms with Crippen LogP contribution in [0, 0.1) is 5.41 Å². The Balaban J connectivity index is 2.13. The fraction of sp³-hybridized carbons (Fsp3) is 0. The Morgan fingerprint density at radius 1 is 1.26 bits per heavy atom. The van der Waals surface area contributed by atoms with Crippen molar-refractivity contribution in [1.29, 1.82) is 5.41 Å². The van der Waals surface area contributed by atoms with Gasteiger partial charge in [-0.2, -0.15) is 10.2 Å². The highest BCUT2D eigenvalue weighted by Crippen LogP contribution is 2.21. The van der Waals surface area contributed by atoms with E-state index in [1.54, 1.807) is 24.3 Å². The highest BCUT2D eigenvalue weighted by atomic mass is 32.2. The zero-order chi connectivity index (χ0) is 13.7. The Hall–Kier alpha value is -2.25. The van der Waals surface area contributed by atoms with Crippen molar-refractivity contribution < 1.29 is 9.35 Å². The number of azo groups is 1. The van der Waals surface area contributed by atoms with Crippen LogP contribution in [0.1, 0.15) is 0 Å². The first-order chi connectivity index (χ1) is 9.19. The Morgan fingerprint density at radius 2 is 2.11 bits per heavy atom. The Morgan fingerprint density at radius 3 is 2.84 bits per heavy atom. The number of allylic oxidation sites excluding steroid dienone is 3. The molecule has 1 aromatic rings. The average Bonchev–Trinajstić information content (AvgIpc) is 2.41. The van der Waals surface area contributed by atoms with Gasteiger partial charge in [-0.05, 0) is 36.4 Å². The van der Waals surface area contributed by atoms with Crippen LogP contribution in [0.3, 0.4) is 0 Å². The van der Waals surface area contributed by atoms with Crippen molar-refractivity contribution in [3.8, 4) is 0 Å². The maximum Gasteiger partial charge on any atom is 0.203 e. The van der Waals surface area contributed by atoms with Crippen LogP contribution < -0.4 is 4.72 Å². The van der Waals surface area contributed by atoms with Gasteiger partial charge in [-0.1, -0.05) is 6.07 Å². The summed E-state index contributed by atoms with van der Waals surface area (Å²) in [6.07, 6.45) is 4.16. The van der Waals surface area contributed by atoms with Crippen LogP contribution in [-0.2, 0) is 4.79 Å². The predicted octanol–water partition coefficient (Wildman–Crippen LogP) is 3.35. The molecular formula is C12H10N4O2S. The summed E-state index contributed by atoms with van der Waals surface area (Å²) in [7, 11) is 0. The van der Waals surface area contributed by atoms with Gasteiger partial charge < -0.3 is 9.27 Å². The quantitative estimate of drug-likeness (QED) is 0.339. The molecule has 0 saturated heterocycles. The summed E-state index contributed by atoms with van der Waals surface area (Å²) in [4.78, 5) is 11.1. The van der Waals surface area contributed by atoms with Gasteiger partial charge in [0.1, 0.15) is 17.9 Å². The summed E-state index contributed by atoms with van der Waals surface area (Å²) in [5, 5.41) is 15.3. The molecule has 2 rings (SSSR count). The van der Waals surface area contributed by atoms with Gasteiger partial charge in [0.25, 0.3) is 0 Å². The van der Waals surface area contributed by atoms with Crippen molar-refractivity contribution in [3.05, 3.63) is 48.2 Å². The minimum atomic E-state index is -0.342. The molecule has 0 saturated carbocycles. The van der Waals surface area contributed by atoms with E-state index in [0.29, 0.717) is 29.3 Å². The van der Waals surface area contributed by atoms with Crippen LogP contribution in [0.25, 0.3) is 0 Å². The lowest BCUT2D eigenvalue weighted by Gasteiger charge is -2.02. The number of nitrogens with one attached hydrogen (secondary N) is 2. The molecule has 96 valence electrons. The number of carbonyl (C=O) groups is 1. The van der Waals surface area contributed by atoms with E-state index in [-0.39, 0.29) is 11.5 Å². The lowest BCUT2D eigenvalue weighted by molar-refractivity contribution is -0.108. The van der Waals surface area contributed by atoms with Crippen LogP contribution in [0.4, 0.5) is 11.4 Å². The van der Waals surface area contributed by atoms with E-state index in [1.165, 1.54) is 18.2 Å². The molecule has 0 atom stereocenters. The molecule has 1 aromatic carbocycles. The second-order valence-corrected chi connectivity index (χ2v) is 4.01. The standard InChI is InChI=1S/C12H10N4O2S/c13-11-7-9(4-5-12(11)17)15-14-8-2-1-3-10(6-8)16-19-18/h1-7,13,16,18H. The number of hydrogen-bond acceptors (Lipinski definition) is 7. The topological polar surface area (TPSA) is 97.9 Å². The first-order valence-corrected chi connectivity index (χ1v) is 6.07. The van der Waals surface area contributed by atoms with E-state index < -0.39 is 0 Å². The number of anilines is 1. The van der Waals surface area contributed by atoms with E-state index in [9.17, 15) is 4.79 Å². The Bertz CT molecular complexity index is 608. The van der Waals surface area contributed by atoms with Crippen LogP contribution in [0.5, 0.6) is 0 Å². The smallest absolute Gasteiger partial charge is 0.203 e. The molecule has 6 nitrogen and oxygen atoms in total. The number of benzene rings is 1. The maximum atomic E-state index is 11.1. The minimum absolute atomic E-state index is 0.108. The number of nitrogens with zero attached hydrogens (tertiary/aromatic N) is 2. The summed E-state index contributed by atoms with van der Waals surface area (Å²) in [6, 6.07) is 7.00. The molecule has 0 spiro atoms. The summed E-state index contributed by atoms with van der Waals surface area (Å²) < 4.78 is 11.3. The maximum absolute atomic E-state index is 11.1. The molecular weight excluding hydrogens is 264 g/mol. The lowest BCUT2D eigenvalue weighted by atomic mass is 10.1. The van der Waals surface area contributed by atoms with Crippen LogP contribution in [-0.4, -0.2) is 16.0 Å². The number of carbonyl (C=O) groups excluding carboxylic acids is 1. The third kappa shape index (κ3) is 3.60. The molecule has 0 amide bonds. The summed E-state index contributed by atoms with van der Waals surface area (Å²) in [6.45, 7) is 0. The first-order valence-electron chi connectivity index (χ1n) is 5.30. The SMILES string of the molecule is N=C1C=C(N=Nc2cccc(NSO)c2)C=CC1=O. The van der Waals surface area contributed by atoms with Gasteiger partial charge in [-0.15, -0.1) is 0 Å². The molecule has 0 fully saturated rings. The Kier molecular flexibility index (Phi) is 4.22. The van der Waals surface area contributed by atoms with Gasteiger partial charge in [0.05, 0.1) is 11.4 Å². The normalized spacial score (nSPS) is 14.9. The average molecular weight is 274 g/mol. The third-order valence-corrected chi connectivity index (χ3v) is 2.58. The van der Waals surface area contributed by atoms with Gasteiger partial charge in [0.15, 0.2) is 0 Å². The highest BCUT2D eigenvalue weighted by molar-refractivity contribution is 7.95. The second-order valence-electron chi connectivity index (χ2n) is 3.62. The zero-order valence-electron chi connectivity index (χ0n) is 9.70. The lowest BCUT2D eigenvalue weighted by Crippen LogP contribution is -2.10. The number of hydrogen-bond donors (Lipinski definition) is 3. The molecule has 0 aliphatic heterocycles. The Labute approximate surface area is 113 Å². The predicted molar refractivity (Wildman–Crippen MR) is 74.8 cm³/mol. The summed E-state index contributed by atoms with van der Waals surface area (Å²) >= 11 is 0.500. The summed E-state index contributed by atoms with van der Waals surface area (Å²) in [5.41, 5.74) is 1.62. The molecule has 0 aromatic heterocycles.